The fraction of sp³-hybridized carbons (Fsp3) is 1.00. The van der Waals surface area contributed by atoms with E-state index < -0.39 is 17.0 Å². The fourth-order valence-corrected chi connectivity index (χ4v) is 3.88. The van der Waals surface area contributed by atoms with Crippen LogP contribution in [0.5, 0.6) is 0 Å². The number of nitrogens with one attached hydrogen (secondary N) is 1. The lowest BCUT2D eigenvalue weighted by Crippen LogP contribution is -3.27. The van der Waals surface area contributed by atoms with Crippen LogP contribution in [0.4, 0.5) is 0 Å². The predicted octanol–water partition coefficient (Wildman–Crippen LogP) is -1.87. The molecule has 0 saturated carbocycles. The number of nitrogens with zero attached hydrogens (tertiary/aromatic N) is 3. The van der Waals surface area contributed by atoms with Gasteiger partial charge in [0.1, 0.15) is 19.6 Å². The molecule has 4 fully saturated rings. The van der Waals surface area contributed by atoms with Crippen LogP contribution in [0.3, 0.4) is 0 Å². The van der Waals surface area contributed by atoms with Gasteiger partial charge in [-0.2, -0.15) is 0 Å². The molecule has 7 nitrogen and oxygen atoms in total. The molecule has 0 unspecified atom stereocenters. The van der Waals surface area contributed by atoms with E-state index >= 15 is 0 Å². The summed E-state index contributed by atoms with van der Waals surface area (Å²) in [6.45, 7) is 7.27. The van der Waals surface area contributed by atoms with Crippen LogP contribution in [0.25, 0.3) is 0 Å². The summed E-state index contributed by atoms with van der Waals surface area (Å²) in [6, 6.07) is 0. The summed E-state index contributed by atoms with van der Waals surface area (Å²) < 4.78 is 0. The van der Waals surface area contributed by atoms with E-state index in [9.17, 15) is 15.6 Å². The molecule has 16 heavy (non-hydrogen) atoms. The molecule has 0 aromatic carbocycles. The quantitative estimate of drug-likeness (QED) is 0.391. The molecule has 0 aromatic rings. The first-order chi connectivity index (χ1) is 7.25. The van der Waals surface area contributed by atoms with E-state index in [-0.39, 0.29) is 0 Å². The molecule has 4 rings (SSSR count). The van der Waals surface area contributed by atoms with Crippen molar-refractivity contribution in [2.45, 2.75) is 37.8 Å². The Morgan fingerprint density at radius 3 is 1.25 bits per heavy atom. The summed E-state index contributed by atoms with van der Waals surface area (Å²) in [4.78, 5) is 1.29. The fourth-order valence-electron chi connectivity index (χ4n) is 3.88. The maximum atomic E-state index is 10.2. The Morgan fingerprint density at radius 1 is 0.750 bits per heavy atom. The van der Waals surface area contributed by atoms with Crippen molar-refractivity contribution in [3.63, 3.8) is 0 Å². The van der Waals surface area contributed by atoms with Gasteiger partial charge in [0, 0.05) is 0 Å². The Morgan fingerprint density at radius 2 is 1.00 bits per heavy atom. The summed E-state index contributed by atoms with van der Waals surface area (Å²) in [5, 5.41) is 33.9. The van der Waals surface area contributed by atoms with E-state index in [1.165, 1.54) is 4.90 Å². The van der Waals surface area contributed by atoms with Crippen molar-refractivity contribution in [1.29, 1.82) is 0 Å². The first-order valence-corrected chi connectivity index (χ1v) is 5.56. The maximum Gasteiger partial charge on any atom is 0.171 e. The lowest BCUT2D eigenvalue weighted by atomic mass is 9.85. The predicted molar refractivity (Wildman–Crippen MR) is 51.7 cm³/mol. The molecule has 0 amide bonds. The van der Waals surface area contributed by atoms with Crippen molar-refractivity contribution in [2.24, 2.45) is 0 Å². The number of quaternary nitrogens is 1. The summed E-state index contributed by atoms with van der Waals surface area (Å²) in [6.07, 6.45) is 0. The van der Waals surface area contributed by atoms with Crippen molar-refractivity contribution in [1.82, 2.24) is 15.2 Å². The van der Waals surface area contributed by atoms with Crippen molar-refractivity contribution in [3.8, 4) is 0 Å². The zero-order valence-electron chi connectivity index (χ0n) is 9.80. The second-order valence-corrected chi connectivity index (χ2v) is 5.87. The monoisotopic (exact) mass is 231 g/mol. The van der Waals surface area contributed by atoms with Crippen molar-refractivity contribution < 1.29 is 20.5 Å². The van der Waals surface area contributed by atoms with Crippen LogP contribution >= 0.6 is 0 Å². The third-order valence-electron chi connectivity index (χ3n) is 4.49. The van der Waals surface area contributed by atoms with E-state index in [1.807, 2.05) is 0 Å². The van der Waals surface area contributed by atoms with Gasteiger partial charge < -0.3 is 20.5 Å². The van der Waals surface area contributed by atoms with E-state index in [4.69, 9.17) is 0 Å². The van der Waals surface area contributed by atoms with Crippen molar-refractivity contribution in [3.05, 3.63) is 0 Å². The first kappa shape index (κ1) is 10.8. The van der Waals surface area contributed by atoms with E-state index in [2.05, 4.69) is 0 Å². The molecule has 92 valence electrons. The van der Waals surface area contributed by atoms with Crippen LogP contribution in [-0.4, -0.2) is 67.4 Å². The molecular weight excluding hydrogens is 212 g/mol. The van der Waals surface area contributed by atoms with Crippen molar-refractivity contribution in [2.75, 3.05) is 19.6 Å². The standard InChI is InChI=1S/C9H18N4O3/c1-7-4-10-5-8(2,11(7)14)13(16)9(3,6-10)12(7)15/h14-16H,4-6H2,1-3H3/p+1. The average molecular weight is 231 g/mol. The van der Waals surface area contributed by atoms with Crippen molar-refractivity contribution >= 4 is 0 Å². The minimum atomic E-state index is -0.839. The summed E-state index contributed by atoms with van der Waals surface area (Å²) in [7, 11) is 0. The molecule has 0 aromatic heterocycles. The molecule has 7 heteroatoms. The van der Waals surface area contributed by atoms with Gasteiger partial charge in [-0.3, -0.25) is 0 Å². The second kappa shape index (κ2) is 2.59. The summed E-state index contributed by atoms with van der Waals surface area (Å²) in [5.74, 6) is 0. The third-order valence-corrected chi connectivity index (χ3v) is 4.49. The maximum absolute atomic E-state index is 10.2. The molecule has 0 radical (unpaired) electrons. The van der Waals surface area contributed by atoms with Crippen LogP contribution < -0.4 is 4.90 Å². The lowest BCUT2D eigenvalue weighted by molar-refractivity contribution is -0.965. The van der Waals surface area contributed by atoms with E-state index in [0.29, 0.717) is 19.6 Å². The molecule has 4 bridgehead atoms. The van der Waals surface area contributed by atoms with Gasteiger partial charge in [0.25, 0.3) is 0 Å². The smallest absolute Gasteiger partial charge is 0.171 e. The Labute approximate surface area is 93.9 Å². The SMILES string of the molecule is CC12C[NH+]3CC(C)(N1O)N(O)C(C)(C3)N2O. The highest BCUT2D eigenvalue weighted by atomic mass is 16.6. The molecule has 4 N–H and O–H groups in total. The minimum Gasteiger partial charge on any atom is -0.327 e. The molecule has 4 aliphatic rings. The zero-order valence-corrected chi connectivity index (χ0v) is 9.80. The molecule has 0 spiro atoms. The third kappa shape index (κ3) is 0.863. The molecule has 4 aliphatic heterocycles. The number of piperazine rings is 3. The number of hydrogen-bond acceptors (Lipinski definition) is 6. The van der Waals surface area contributed by atoms with E-state index in [1.54, 1.807) is 20.8 Å². The highest BCUT2D eigenvalue weighted by molar-refractivity contribution is 5.06. The highest BCUT2D eigenvalue weighted by Crippen LogP contribution is 2.44. The van der Waals surface area contributed by atoms with Gasteiger partial charge in [-0.1, -0.05) is 0 Å². The van der Waals surface area contributed by atoms with Gasteiger partial charge in [0.2, 0.25) is 0 Å². The number of hydroxylamine groups is 6. The first-order valence-electron chi connectivity index (χ1n) is 5.56. The van der Waals surface area contributed by atoms with E-state index in [0.717, 1.165) is 15.2 Å². The van der Waals surface area contributed by atoms with Gasteiger partial charge in [0.05, 0.1) is 0 Å². The number of hydrogen-bond donors (Lipinski definition) is 4. The van der Waals surface area contributed by atoms with Gasteiger partial charge in [-0.25, -0.2) is 0 Å². The largest absolute Gasteiger partial charge is 0.327 e. The Bertz CT molecular complexity index is 285. The number of rotatable bonds is 0. The van der Waals surface area contributed by atoms with Crippen LogP contribution in [0.15, 0.2) is 0 Å². The molecular formula is C9H19N4O3+. The zero-order chi connectivity index (χ0) is 11.9. The highest BCUT2D eigenvalue weighted by Gasteiger charge is 2.74. The van der Waals surface area contributed by atoms with Crippen LogP contribution in [0.2, 0.25) is 0 Å². The van der Waals surface area contributed by atoms with Gasteiger partial charge >= 0.3 is 0 Å². The van der Waals surface area contributed by atoms with Gasteiger partial charge in [-0.15, -0.1) is 15.2 Å². The topological polar surface area (TPSA) is 74.8 Å². The molecule has 0 atom stereocenters. The normalized spacial score (nSPS) is 58.5. The van der Waals surface area contributed by atoms with Gasteiger partial charge in [0.15, 0.2) is 17.0 Å². The lowest BCUT2D eigenvalue weighted by Gasteiger charge is -2.70. The summed E-state index contributed by atoms with van der Waals surface area (Å²) >= 11 is 0. The molecule has 4 saturated heterocycles. The second-order valence-electron chi connectivity index (χ2n) is 5.87. The minimum absolute atomic E-state index is 0.638. The van der Waals surface area contributed by atoms with Crippen LogP contribution in [-0.2, 0) is 0 Å². The van der Waals surface area contributed by atoms with Gasteiger partial charge in [-0.05, 0) is 20.8 Å². The van der Waals surface area contributed by atoms with Crippen LogP contribution in [0.1, 0.15) is 20.8 Å². The summed E-state index contributed by atoms with van der Waals surface area (Å²) in [5.41, 5.74) is -2.52. The molecule has 4 heterocycles. The Hall–Kier alpha value is -0.280. The Balaban J connectivity index is 2.17. The Kier molecular flexibility index (Phi) is 1.75. The average Bonchev–Trinajstić information content (AvgIpc) is 2.20. The van der Waals surface area contributed by atoms with Crippen LogP contribution in [0, 0.1) is 0 Å². The molecule has 0 aliphatic carbocycles.